The molecule has 0 atom stereocenters. The van der Waals surface area contributed by atoms with E-state index in [2.05, 4.69) is 0 Å². The summed E-state index contributed by atoms with van der Waals surface area (Å²) < 4.78 is 13.3. The highest BCUT2D eigenvalue weighted by molar-refractivity contribution is 5.96. The van der Waals surface area contributed by atoms with Gasteiger partial charge in [0.25, 0.3) is 5.91 Å². The zero-order valence-corrected chi connectivity index (χ0v) is 19.6. The summed E-state index contributed by atoms with van der Waals surface area (Å²) in [5.41, 5.74) is 3.02. The average molecular weight is 453 g/mol. The molecular formula is C27H33FN2O3. The van der Waals surface area contributed by atoms with Gasteiger partial charge in [-0.05, 0) is 61.7 Å². The van der Waals surface area contributed by atoms with Crippen LogP contribution in [0, 0.1) is 12.7 Å². The van der Waals surface area contributed by atoms with Crippen LogP contribution in [0.3, 0.4) is 0 Å². The molecule has 1 fully saturated rings. The van der Waals surface area contributed by atoms with Gasteiger partial charge in [0.05, 0.1) is 13.1 Å². The zero-order chi connectivity index (χ0) is 23.8. The van der Waals surface area contributed by atoms with Crippen molar-refractivity contribution in [3.63, 3.8) is 0 Å². The number of carbonyl (C=O) groups excluding carboxylic acids is 3. The van der Waals surface area contributed by atoms with Crippen molar-refractivity contribution in [3.05, 3.63) is 70.5 Å². The summed E-state index contributed by atoms with van der Waals surface area (Å²) in [5.74, 6) is -0.413. The molecule has 0 radical (unpaired) electrons. The van der Waals surface area contributed by atoms with E-state index in [1.165, 1.54) is 12.1 Å². The van der Waals surface area contributed by atoms with Crippen molar-refractivity contribution in [1.82, 2.24) is 9.80 Å². The molecule has 5 nitrogen and oxygen atoms in total. The molecule has 1 heterocycles. The minimum absolute atomic E-state index is 0.0203. The summed E-state index contributed by atoms with van der Waals surface area (Å²) in [5, 5.41) is 0. The largest absolute Gasteiger partial charge is 0.339 e. The first-order valence-electron chi connectivity index (χ1n) is 11.7. The summed E-state index contributed by atoms with van der Waals surface area (Å²) in [4.78, 5) is 41.6. The van der Waals surface area contributed by atoms with Gasteiger partial charge in [0.1, 0.15) is 5.82 Å². The lowest BCUT2D eigenvalue weighted by Crippen LogP contribution is -2.33. The van der Waals surface area contributed by atoms with E-state index in [0.29, 0.717) is 11.1 Å². The van der Waals surface area contributed by atoms with Crippen LogP contribution in [0.25, 0.3) is 0 Å². The fourth-order valence-electron chi connectivity index (χ4n) is 4.33. The summed E-state index contributed by atoms with van der Waals surface area (Å²) in [6.07, 6.45) is 4.74. The zero-order valence-electron chi connectivity index (χ0n) is 19.6. The lowest BCUT2D eigenvalue weighted by molar-refractivity contribution is -0.121. The van der Waals surface area contributed by atoms with Gasteiger partial charge in [0, 0.05) is 31.5 Å². The van der Waals surface area contributed by atoms with Crippen molar-refractivity contribution < 1.29 is 18.8 Å². The van der Waals surface area contributed by atoms with Gasteiger partial charge >= 0.3 is 0 Å². The fourth-order valence-corrected chi connectivity index (χ4v) is 4.33. The third kappa shape index (κ3) is 7.60. The molecule has 176 valence electrons. The Kier molecular flexibility index (Phi) is 8.89. The molecule has 1 saturated heterocycles. The third-order valence-corrected chi connectivity index (χ3v) is 6.01. The first-order valence-corrected chi connectivity index (χ1v) is 11.7. The summed E-state index contributed by atoms with van der Waals surface area (Å²) in [6, 6.07) is 11.6. The Hall–Kier alpha value is -2.86. The molecule has 0 unspecified atom stereocenters. The van der Waals surface area contributed by atoms with Gasteiger partial charge in [-0.25, -0.2) is 4.39 Å². The molecule has 1 aliphatic rings. The van der Waals surface area contributed by atoms with Crippen LogP contribution in [0.5, 0.6) is 0 Å². The Morgan fingerprint density at radius 3 is 2.09 bits per heavy atom. The van der Waals surface area contributed by atoms with Gasteiger partial charge < -0.3 is 4.90 Å². The number of amides is 1. The van der Waals surface area contributed by atoms with Crippen molar-refractivity contribution in [3.8, 4) is 0 Å². The number of halogens is 1. The summed E-state index contributed by atoms with van der Waals surface area (Å²) in [7, 11) is 1.73. The topological polar surface area (TPSA) is 57.7 Å². The Morgan fingerprint density at radius 2 is 1.48 bits per heavy atom. The number of ketones is 2. The third-order valence-electron chi connectivity index (χ3n) is 6.01. The van der Waals surface area contributed by atoms with Gasteiger partial charge in [-0.2, -0.15) is 0 Å². The number of carbonyl (C=O) groups is 3. The van der Waals surface area contributed by atoms with Crippen molar-refractivity contribution >= 4 is 17.5 Å². The van der Waals surface area contributed by atoms with E-state index in [1.807, 2.05) is 30.0 Å². The highest BCUT2D eigenvalue weighted by Gasteiger charge is 2.20. The standard InChI is InChI=1S/C27H33FN2O3/c1-20-10-11-22(17-26(20)27(33)30-12-5-3-4-6-13-30)16-25(32)19-29(2)18-24(31)15-21-8-7-9-23(28)14-21/h7-11,14,17H,3-6,12-13,15-16,18-19H2,1-2H3. The molecule has 6 heteroatoms. The van der Waals surface area contributed by atoms with Crippen LogP contribution in [0.2, 0.25) is 0 Å². The second kappa shape index (κ2) is 11.8. The van der Waals surface area contributed by atoms with Gasteiger partial charge in [0.15, 0.2) is 11.6 Å². The number of aryl methyl sites for hydroxylation is 1. The number of nitrogens with zero attached hydrogens (tertiary/aromatic N) is 2. The predicted molar refractivity (Wildman–Crippen MR) is 127 cm³/mol. The smallest absolute Gasteiger partial charge is 0.254 e. The molecule has 0 saturated carbocycles. The molecule has 1 aliphatic heterocycles. The van der Waals surface area contributed by atoms with E-state index >= 15 is 0 Å². The SMILES string of the molecule is Cc1ccc(CC(=O)CN(C)CC(=O)Cc2cccc(F)c2)cc1C(=O)N1CCCCCC1. The first kappa shape index (κ1) is 24.8. The van der Waals surface area contributed by atoms with E-state index in [9.17, 15) is 18.8 Å². The second-order valence-electron chi connectivity index (χ2n) is 9.09. The molecule has 3 rings (SSSR count). The highest BCUT2D eigenvalue weighted by atomic mass is 19.1. The van der Waals surface area contributed by atoms with Crippen LogP contribution >= 0.6 is 0 Å². The molecule has 2 aromatic carbocycles. The van der Waals surface area contributed by atoms with Crippen molar-refractivity contribution in [2.75, 3.05) is 33.2 Å². The second-order valence-corrected chi connectivity index (χ2v) is 9.09. The lowest BCUT2D eigenvalue weighted by Gasteiger charge is -2.22. The summed E-state index contributed by atoms with van der Waals surface area (Å²) in [6.45, 7) is 3.76. The van der Waals surface area contributed by atoms with Crippen LogP contribution in [-0.2, 0) is 22.4 Å². The van der Waals surface area contributed by atoms with Crippen molar-refractivity contribution in [2.24, 2.45) is 0 Å². The molecular weight excluding hydrogens is 419 g/mol. The Morgan fingerprint density at radius 1 is 0.879 bits per heavy atom. The minimum Gasteiger partial charge on any atom is -0.339 e. The maximum atomic E-state index is 13.3. The van der Waals surface area contributed by atoms with E-state index in [-0.39, 0.29) is 49.2 Å². The number of likely N-dealkylation sites (N-methyl/N-ethyl adjacent to an activating group) is 1. The molecule has 0 bridgehead atoms. The van der Waals surface area contributed by atoms with Crippen molar-refractivity contribution in [1.29, 1.82) is 0 Å². The van der Waals surface area contributed by atoms with Gasteiger partial charge in [-0.1, -0.05) is 37.1 Å². The first-order chi connectivity index (χ1) is 15.8. The van der Waals surface area contributed by atoms with Crippen LogP contribution in [0.4, 0.5) is 4.39 Å². The van der Waals surface area contributed by atoms with Gasteiger partial charge in [0.2, 0.25) is 0 Å². The molecule has 1 amide bonds. The average Bonchev–Trinajstić information content (AvgIpc) is 3.04. The van der Waals surface area contributed by atoms with Gasteiger partial charge in [-0.3, -0.25) is 19.3 Å². The summed E-state index contributed by atoms with van der Waals surface area (Å²) >= 11 is 0. The number of likely N-dealkylation sites (tertiary alicyclic amines) is 1. The molecule has 33 heavy (non-hydrogen) atoms. The normalized spacial score (nSPS) is 14.2. The predicted octanol–water partition coefficient (Wildman–Crippen LogP) is 4.01. The Balaban J connectivity index is 1.54. The number of hydrogen-bond donors (Lipinski definition) is 0. The molecule has 0 aromatic heterocycles. The lowest BCUT2D eigenvalue weighted by atomic mass is 10.0. The fraction of sp³-hybridized carbons (Fsp3) is 0.444. The number of benzene rings is 2. The van der Waals surface area contributed by atoms with Crippen LogP contribution in [-0.4, -0.2) is 60.5 Å². The van der Waals surface area contributed by atoms with Crippen LogP contribution < -0.4 is 0 Å². The molecule has 0 aliphatic carbocycles. The number of rotatable bonds is 9. The monoisotopic (exact) mass is 452 g/mol. The van der Waals surface area contributed by atoms with E-state index in [4.69, 9.17) is 0 Å². The van der Waals surface area contributed by atoms with E-state index in [1.54, 1.807) is 24.1 Å². The molecule has 2 aromatic rings. The minimum atomic E-state index is -0.365. The molecule has 0 N–H and O–H groups in total. The van der Waals surface area contributed by atoms with Crippen LogP contribution in [0.15, 0.2) is 42.5 Å². The molecule has 0 spiro atoms. The van der Waals surface area contributed by atoms with E-state index < -0.39 is 0 Å². The number of hydrogen-bond acceptors (Lipinski definition) is 4. The quantitative estimate of drug-likeness (QED) is 0.577. The van der Waals surface area contributed by atoms with Crippen LogP contribution in [0.1, 0.15) is 52.7 Å². The Bertz CT molecular complexity index is 997. The maximum absolute atomic E-state index is 13.3. The highest BCUT2D eigenvalue weighted by Crippen LogP contribution is 2.18. The number of Topliss-reactive ketones (excluding diaryl/α,β-unsaturated/α-hetero) is 2. The Labute approximate surface area is 195 Å². The van der Waals surface area contributed by atoms with Crippen molar-refractivity contribution in [2.45, 2.75) is 45.4 Å². The van der Waals surface area contributed by atoms with E-state index in [0.717, 1.165) is 49.9 Å². The van der Waals surface area contributed by atoms with Gasteiger partial charge in [-0.15, -0.1) is 0 Å². The maximum Gasteiger partial charge on any atom is 0.254 e.